The highest BCUT2D eigenvalue weighted by Crippen LogP contribution is 2.36. The second-order valence-electron chi connectivity index (χ2n) is 6.00. The van der Waals surface area contributed by atoms with E-state index < -0.39 is 0 Å². The number of nitrogens with one attached hydrogen (secondary N) is 2. The Morgan fingerprint density at radius 2 is 1.85 bits per heavy atom. The van der Waals surface area contributed by atoms with Crippen molar-refractivity contribution in [2.24, 2.45) is 0 Å². The molecule has 2 heterocycles. The van der Waals surface area contributed by atoms with E-state index in [1.165, 1.54) is 5.56 Å². The van der Waals surface area contributed by atoms with Gasteiger partial charge in [0.15, 0.2) is 17.3 Å². The van der Waals surface area contributed by atoms with Crippen LogP contribution in [0.2, 0.25) is 0 Å². The van der Waals surface area contributed by atoms with E-state index >= 15 is 0 Å². The van der Waals surface area contributed by atoms with Crippen molar-refractivity contribution >= 4 is 33.4 Å². The standard InChI is InChI=1S/C20H20N4O2/c1-4-12-6-5-7-13(8-12)23-20-19-18(21-11-22-20)14-9-16(25-2)17(26-3)10-15(14)24-19/h5-11,24H,4H2,1-3H3,(H,21,22,23). The van der Waals surface area contributed by atoms with E-state index in [4.69, 9.17) is 9.47 Å². The Labute approximate surface area is 151 Å². The largest absolute Gasteiger partial charge is 0.493 e. The summed E-state index contributed by atoms with van der Waals surface area (Å²) in [6.45, 7) is 2.14. The summed E-state index contributed by atoms with van der Waals surface area (Å²) in [5.74, 6) is 2.08. The van der Waals surface area contributed by atoms with Gasteiger partial charge in [0.25, 0.3) is 0 Å². The van der Waals surface area contributed by atoms with Gasteiger partial charge in [0.05, 0.1) is 19.7 Å². The first-order valence-electron chi connectivity index (χ1n) is 8.48. The smallest absolute Gasteiger partial charge is 0.162 e. The maximum absolute atomic E-state index is 5.42. The van der Waals surface area contributed by atoms with E-state index in [0.717, 1.165) is 39.9 Å². The van der Waals surface area contributed by atoms with Crippen molar-refractivity contribution in [1.82, 2.24) is 15.0 Å². The van der Waals surface area contributed by atoms with Gasteiger partial charge < -0.3 is 19.8 Å². The number of aromatic amines is 1. The Bertz CT molecular complexity index is 1090. The lowest BCUT2D eigenvalue weighted by molar-refractivity contribution is 0.356. The topological polar surface area (TPSA) is 72.1 Å². The van der Waals surface area contributed by atoms with Crippen molar-refractivity contribution in [3.05, 3.63) is 48.3 Å². The molecule has 2 aromatic heterocycles. The van der Waals surface area contributed by atoms with Crippen LogP contribution in [0, 0.1) is 0 Å². The van der Waals surface area contributed by atoms with Crippen LogP contribution >= 0.6 is 0 Å². The molecule has 0 radical (unpaired) electrons. The molecule has 0 spiro atoms. The van der Waals surface area contributed by atoms with Crippen molar-refractivity contribution < 1.29 is 9.47 Å². The average molecular weight is 348 g/mol. The third-order valence-corrected chi connectivity index (χ3v) is 4.48. The fourth-order valence-electron chi connectivity index (χ4n) is 3.12. The van der Waals surface area contributed by atoms with Gasteiger partial charge in [0.2, 0.25) is 0 Å². The highest BCUT2D eigenvalue weighted by molar-refractivity contribution is 6.09. The van der Waals surface area contributed by atoms with Crippen molar-refractivity contribution in [2.45, 2.75) is 13.3 Å². The molecule has 0 saturated carbocycles. The van der Waals surface area contributed by atoms with Crippen LogP contribution in [0.25, 0.3) is 21.9 Å². The zero-order valence-corrected chi connectivity index (χ0v) is 15.0. The third kappa shape index (κ3) is 2.69. The van der Waals surface area contributed by atoms with E-state index in [9.17, 15) is 0 Å². The molecule has 0 aliphatic rings. The van der Waals surface area contributed by atoms with Gasteiger partial charge in [-0.05, 0) is 30.2 Å². The van der Waals surface area contributed by atoms with Crippen LogP contribution in [-0.2, 0) is 6.42 Å². The average Bonchev–Trinajstić information content (AvgIpc) is 3.05. The molecule has 0 aliphatic heterocycles. The molecule has 6 heteroatoms. The second kappa shape index (κ2) is 6.55. The first-order valence-corrected chi connectivity index (χ1v) is 8.48. The summed E-state index contributed by atoms with van der Waals surface area (Å²) in [7, 11) is 3.25. The molecule has 0 aliphatic carbocycles. The number of nitrogens with zero attached hydrogens (tertiary/aromatic N) is 2. The van der Waals surface area contributed by atoms with E-state index in [-0.39, 0.29) is 0 Å². The number of anilines is 2. The number of hydrogen-bond acceptors (Lipinski definition) is 5. The molecule has 0 fully saturated rings. The summed E-state index contributed by atoms with van der Waals surface area (Å²) >= 11 is 0. The first-order chi connectivity index (χ1) is 12.7. The minimum Gasteiger partial charge on any atom is -0.493 e. The number of ether oxygens (including phenoxy) is 2. The molecule has 26 heavy (non-hydrogen) atoms. The molecule has 0 amide bonds. The van der Waals surface area contributed by atoms with Gasteiger partial charge in [0.1, 0.15) is 17.4 Å². The van der Waals surface area contributed by atoms with E-state index in [1.807, 2.05) is 24.3 Å². The van der Waals surface area contributed by atoms with Gasteiger partial charge in [-0.15, -0.1) is 0 Å². The maximum Gasteiger partial charge on any atom is 0.162 e. The van der Waals surface area contributed by atoms with Gasteiger partial charge >= 0.3 is 0 Å². The fourth-order valence-corrected chi connectivity index (χ4v) is 3.12. The van der Waals surface area contributed by atoms with Gasteiger partial charge in [-0.1, -0.05) is 19.1 Å². The van der Waals surface area contributed by atoms with Crippen LogP contribution < -0.4 is 14.8 Å². The Balaban J connectivity index is 1.85. The van der Waals surface area contributed by atoms with Crippen LogP contribution in [0.5, 0.6) is 11.5 Å². The summed E-state index contributed by atoms with van der Waals surface area (Å²) in [5, 5.41) is 4.36. The quantitative estimate of drug-likeness (QED) is 0.558. The molecule has 2 aromatic carbocycles. The summed E-state index contributed by atoms with van der Waals surface area (Å²) in [5.41, 5.74) is 4.87. The normalized spacial score (nSPS) is 11.0. The molecular formula is C20H20N4O2. The van der Waals surface area contributed by atoms with Crippen molar-refractivity contribution in [1.29, 1.82) is 0 Å². The van der Waals surface area contributed by atoms with Gasteiger partial charge in [-0.25, -0.2) is 9.97 Å². The van der Waals surface area contributed by atoms with E-state index in [2.05, 4.69) is 39.3 Å². The van der Waals surface area contributed by atoms with Gasteiger partial charge in [0, 0.05) is 17.1 Å². The van der Waals surface area contributed by atoms with Crippen molar-refractivity contribution in [3.8, 4) is 11.5 Å². The lowest BCUT2D eigenvalue weighted by atomic mass is 10.1. The monoisotopic (exact) mass is 348 g/mol. The van der Waals surface area contributed by atoms with Crippen LogP contribution in [0.15, 0.2) is 42.7 Å². The molecule has 0 bridgehead atoms. The zero-order chi connectivity index (χ0) is 18.1. The predicted molar refractivity (Wildman–Crippen MR) is 104 cm³/mol. The van der Waals surface area contributed by atoms with Gasteiger partial charge in [-0.3, -0.25) is 0 Å². The highest BCUT2D eigenvalue weighted by Gasteiger charge is 2.14. The molecule has 4 rings (SSSR count). The molecule has 132 valence electrons. The lowest BCUT2D eigenvalue weighted by Gasteiger charge is -2.07. The van der Waals surface area contributed by atoms with E-state index in [1.54, 1.807) is 20.5 Å². The third-order valence-electron chi connectivity index (χ3n) is 4.48. The molecule has 6 nitrogen and oxygen atoms in total. The number of aryl methyl sites for hydroxylation is 1. The molecule has 2 N–H and O–H groups in total. The number of methoxy groups -OCH3 is 2. The van der Waals surface area contributed by atoms with Crippen molar-refractivity contribution in [2.75, 3.05) is 19.5 Å². The van der Waals surface area contributed by atoms with Crippen LogP contribution in [0.4, 0.5) is 11.5 Å². The summed E-state index contributed by atoms with van der Waals surface area (Å²) in [6.07, 6.45) is 2.55. The Hall–Kier alpha value is -3.28. The Kier molecular flexibility index (Phi) is 4.08. The van der Waals surface area contributed by atoms with Crippen molar-refractivity contribution in [3.63, 3.8) is 0 Å². The highest BCUT2D eigenvalue weighted by atomic mass is 16.5. The molecular weight excluding hydrogens is 328 g/mol. The maximum atomic E-state index is 5.42. The Morgan fingerprint density at radius 1 is 1.04 bits per heavy atom. The number of aromatic nitrogens is 3. The fraction of sp³-hybridized carbons (Fsp3) is 0.200. The predicted octanol–water partition coefficient (Wildman–Crippen LogP) is 4.43. The summed E-state index contributed by atoms with van der Waals surface area (Å²) in [6, 6.07) is 12.2. The van der Waals surface area contributed by atoms with E-state index in [0.29, 0.717) is 11.5 Å². The van der Waals surface area contributed by atoms with Gasteiger partial charge in [-0.2, -0.15) is 0 Å². The number of H-pyrrole nitrogens is 1. The first kappa shape index (κ1) is 16.2. The minimum absolute atomic E-state index is 0.671. The summed E-state index contributed by atoms with van der Waals surface area (Å²) < 4.78 is 10.8. The Morgan fingerprint density at radius 3 is 2.62 bits per heavy atom. The lowest BCUT2D eigenvalue weighted by Crippen LogP contribution is -1.96. The number of fused-ring (bicyclic) bond motifs is 3. The second-order valence-corrected chi connectivity index (χ2v) is 6.00. The molecule has 0 unspecified atom stereocenters. The number of rotatable bonds is 5. The SMILES string of the molecule is CCc1cccc(Nc2ncnc3c2[nH]c2cc(OC)c(OC)cc23)c1. The molecule has 0 saturated heterocycles. The number of benzene rings is 2. The minimum atomic E-state index is 0.671. The number of hydrogen-bond donors (Lipinski definition) is 2. The zero-order valence-electron chi connectivity index (χ0n) is 15.0. The van der Waals surface area contributed by atoms with Crippen LogP contribution in [0.1, 0.15) is 12.5 Å². The molecule has 0 atom stereocenters. The molecule has 4 aromatic rings. The van der Waals surface area contributed by atoms with Crippen LogP contribution in [-0.4, -0.2) is 29.2 Å². The van der Waals surface area contributed by atoms with Crippen LogP contribution in [0.3, 0.4) is 0 Å². The summed E-state index contributed by atoms with van der Waals surface area (Å²) in [4.78, 5) is 12.3.